The number of hydrogen-bond donors (Lipinski definition) is 2. The van der Waals surface area contributed by atoms with Crippen LogP contribution in [0, 0.1) is 13.8 Å². The standard InChI is InChI=1S/C21H21N3O3S2/c1-12-5-6-13(2)17(7-12)18-11-29-21(22-18)24-20(28)23-19(25)14-8-15(26-3)10-16(9-14)27-4/h5-11H,1-4H3,(H2,22,23,24,25,28). The molecule has 0 spiro atoms. The Kier molecular flexibility index (Phi) is 6.46. The van der Waals surface area contributed by atoms with E-state index in [-0.39, 0.29) is 11.0 Å². The number of aryl methyl sites for hydroxylation is 2. The number of ether oxygens (including phenoxy) is 2. The molecule has 150 valence electrons. The topological polar surface area (TPSA) is 72.5 Å². The number of anilines is 1. The van der Waals surface area contributed by atoms with Gasteiger partial charge in [0.25, 0.3) is 5.91 Å². The van der Waals surface area contributed by atoms with Crippen LogP contribution in [0.3, 0.4) is 0 Å². The lowest BCUT2D eigenvalue weighted by Gasteiger charge is -2.10. The van der Waals surface area contributed by atoms with Crippen molar-refractivity contribution in [2.24, 2.45) is 0 Å². The number of nitrogens with one attached hydrogen (secondary N) is 2. The molecule has 29 heavy (non-hydrogen) atoms. The molecule has 0 bridgehead atoms. The van der Waals surface area contributed by atoms with E-state index in [0.29, 0.717) is 22.2 Å². The Hall–Kier alpha value is -2.97. The SMILES string of the molecule is COc1cc(OC)cc(C(=O)NC(=S)Nc2nc(-c3cc(C)ccc3C)cs2)c1. The highest BCUT2D eigenvalue weighted by Crippen LogP contribution is 2.28. The number of thiocarbonyl (C=S) groups is 1. The zero-order valence-electron chi connectivity index (χ0n) is 16.5. The highest BCUT2D eigenvalue weighted by molar-refractivity contribution is 7.80. The maximum absolute atomic E-state index is 12.5. The van der Waals surface area contributed by atoms with Crippen LogP contribution in [-0.4, -0.2) is 30.2 Å². The van der Waals surface area contributed by atoms with Crippen LogP contribution in [0.15, 0.2) is 41.8 Å². The van der Waals surface area contributed by atoms with Gasteiger partial charge in [-0.2, -0.15) is 0 Å². The van der Waals surface area contributed by atoms with Crippen LogP contribution in [0.4, 0.5) is 5.13 Å². The summed E-state index contributed by atoms with van der Waals surface area (Å²) in [5.41, 5.74) is 4.64. The zero-order chi connectivity index (χ0) is 21.0. The summed E-state index contributed by atoms with van der Waals surface area (Å²) in [5, 5.41) is 8.35. The monoisotopic (exact) mass is 427 g/mol. The fourth-order valence-electron chi connectivity index (χ4n) is 2.71. The van der Waals surface area contributed by atoms with E-state index in [0.717, 1.165) is 16.8 Å². The van der Waals surface area contributed by atoms with Gasteiger partial charge in [-0.15, -0.1) is 11.3 Å². The van der Waals surface area contributed by atoms with Crippen LogP contribution in [0.25, 0.3) is 11.3 Å². The molecule has 0 radical (unpaired) electrons. The van der Waals surface area contributed by atoms with E-state index in [1.807, 2.05) is 12.3 Å². The van der Waals surface area contributed by atoms with E-state index in [1.165, 1.54) is 31.1 Å². The first-order valence-electron chi connectivity index (χ1n) is 8.78. The predicted molar refractivity (Wildman–Crippen MR) is 120 cm³/mol. The smallest absolute Gasteiger partial charge is 0.257 e. The van der Waals surface area contributed by atoms with Gasteiger partial charge in [0.05, 0.1) is 19.9 Å². The van der Waals surface area contributed by atoms with Gasteiger partial charge in [-0.1, -0.05) is 17.7 Å². The predicted octanol–water partition coefficient (Wildman–Crippen LogP) is 4.57. The number of aromatic nitrogens is 1. The lowest BCUT2D eigenvalue weighted by molar-refractivity contribution is 0.0977. The quantitative estimate of drug-likeness (QED) is 0.581. The minimum absolute atomic E-state index is 0.165. The maximum atomic E-state index is 12.5. The largest absolute Gasteiger partial charge is 0.497 e. The number of carbonyl (C=O) groups is 1. The first kappa shape index (κ1) is 20.8. The van der Waals surface area contributed by atoms with E-state index in [1.54, 1.807) is 18.2 Å². The second kappa shape index (κ2) is 9.02. The van der Waals surface area contributed by atoms with Crippen LogP contribution in [0.2, 0.25) is 0 Å². The van der Waals surface area contributed by atoms with Crippen LogP contribution in [0.5, 0.6) is 11.5 Å². The number of carbonyl (C=O) groups excluding carboxylic acids is 1. The van der Waals surface area contributed by atoms with Crippen LogP contribution >= 0.6 is 23.6 Å². The summed E-state index contributed by atoms with van der Waals surface area (Å²) in [4.78, 5) is 17.1. The number of methoxy groups -OCH3 is 2. The molecule has 0 aliphatic heterocycles. The van der Waals surface area contributed by atoms with Crippen molar-refractivity contribution >= 4 is 39.7 Å². The molecule has 2 aromatic carbocycles. The summed E-state index contributed by atoms with van der Waals surface area (Å²) in [5.74, 6) is 0.670. The van der Waals surface area contributed by atoms with Crippen LogP contribution < -0.4 is 20.1 Å². The fourth-order valence-corrected chi connectivity index (χ4v) is 3.68. The van der Waals surface area contributed by atoms with Gasteiger partial charge in [-0.25, -0.2) is 4.98 Å². The normalized spacial score (nSPS) is 10.3. The molecule has 0 atom stereocenters. The molecule has 0 saturated carbocycles. The Labute approximate surface area is 178 Å². The number of thiazole rings is 1. The van der Waals surface area contributed by atoms with Gasteiger partial charge in [-0.05, 0) is 49.8 Å². The molecule has 1 heterocycles. The number of amides is 1. The minimum Gasteiger partial charge on any atom is -0.497 e. The molecule has 8 heteroatoms. The molecule has 0 unspecified atom stereocenters. The molecule has 2 N–H and O–H groups in total. The lowest BCUT2D eigenvalue weighted by Crippen LogP contribution is -2.34. The molecule has 0 fully saturated rings. The molecule has 1 aromatic heterocycles. The molecule has 1 amide bonds. The third kappa shape index (κ3) is 5.10. The van der Waals surface area contributed by atoms with E-state index in [4.69, 9.17) is 21.7 Å². The Balaban J connectivity index is 1.69. The van der Waals surface area contributed by atoms with Gasteiger partial charge in [0, 0.05) is 22.6 Å². The highest BCUT2D eigenvalue weighted by Gasteiger charge is 2.13. The summed E-state index contributed by atoms with van der Waals surface area (Å²) >= 11 is 6.69. The van der Waals surface area contributed by atoms with Gasteiger partial charge in [0.2, 0.25) is 0 Å². The average molecular weight is 428 g/mol. The number of hydrogen-bond acceptors (Lipinski definition) is 6. The highest BCUT2D eigenvalue weighted by atomic mass is 32.1. The molecule has 0 saturated heterocycles. The second-order valence-electron chi connectivity index (χ2n) is 6.37. The molecule has 3 rings (SSSR count). The average Bonchev–Trinajstić information content (AvgIpc) is 3.17. The molecule has 0 aliphatic carbocycles. The summed E-state index contributed by atoms with van der Waals surface area (Å²) in [6.07, 6.45) is 0. The van der Waals surface area contributed by atoms with Crippen molar-refractivity contribution in [2.75, 3.05) is 19.5 Å². The maximum Gasteiger partial charge on any atom is 0.257 e. The minimum atomic E-state index is -0.369. The van der Waals surface area contributed by atoms with E-state index in [9.17, 15) is 4.79 Å². The van der Waals surface area contributed by atoms with Crippen molar-refractivity contribution in [3.8, 4) is 22.8 Å². The van der Waals surface area contributed by atoms with Crippen molar-refractivity contribution in [3.05, 3.63) is 58.5 Å². The number of nitrogens with zero attached hydrogens (tertiary/aromatic N) is 1. The molecular formula is C21H21N3O3S2. The van der Waals surface area contributed by atoms with Gasteiger partial charge >= 0.3 is 0 Å². The third-order valence-corrected chi connectivity index (χ3v) is 5.20. The van der Waals surface area contributed by atoms with Crippen molar-refractivity contribution in [1.29, 1.82) is 0 Å². The Bertz CT molecular complexity index is 1040. The third-order valence-electron chi connectivity index (χ3n) is 4.23. The molecule has 0 aliphatic rings. The van der Waals surface area contributed by atoms with Crippen molar-refractivity contribution < 1.29 is 14.3 Å². The van der Waals surface area contributed by atoms with Crippen molar-refractivity contribution in [2.45, 2.75) is 13.8 Å². The first-order chi connectivity index (χ1) is 13.9. The molecule has 6 nitrogen and oxygen atoms in total. The Morgan fingerprint density at radius 1 is 1.07 bits per heavy atom. The fraction of sp³-hybridized carbons (Fsp3) is 0.190. The summed E-state index contributed by atoms with van der Waals surface area (Å²) in [7, 11) is 3.05. The number of rotatable bonds is 5. The van der Waals surface area contributed by atoms with Crippen molar-refractivity contribution in [1.82, 2.24) is 10.3 Å². The summed E-state index contributed by atoms with van der Waals surface area (Å²) in [6.45, 7) is 4.10. The molecule has 3 aromatic rings. The van der Waals surface area contributed by atoms with Crippen LogP contribution in [-0.2, 0) is 0 Å². The second-order valence-corrected chi connectivity index (χ2v) is 7.63. The van der Waals surface area contributed by atoms with E-state index < -0.39 is 0 Å². The number of benzene rings is 2. The van der Waals surface area contributed by atoms with Gasteiger partial charge in [0.1, 0.15) is 11.5 Å². The summed E-state index contributed by atoms with van der Waals surface area (Å²) < 4.78 is 10.4. The van der Waals surface area contributed by atoms with Gasteiger partial charge in [0.15, 0.2) is 10.2 Å². The van der Waals surface area contributed by atoms with Crippen molar-refractivity contribution in [3.63, 3.8) is 0 Å². The first-order valence-corrected chi connectivity index (χ1v) is 10.1. The summed E-state index contributed by atoms with van der Waals surface area (Å²) in [6, 6.07) is 11.2. The Morgan fingerprint density at radius 3 is 2.41 bits per heavy atom. The van der Waals surface area contributed by atoms with E-state index >= 15 is 0 Å². The Morgan fingerprint density at radius 2 is 1.76 bits per heavy atom. The zero-order valence-corrected chi connectivity index (χ0v) is 18.2. The van der Waals surface area contributed by atoms with Gasteiger partial charge in [-0.3, -0.25) is 10.1 Å². The van der Waals surface area contributed by atoms with Gasteiger partial charge < -0.3 is 14.8 Å². The van der Waals surface area contributed by atoms with E-state index in [2.05, 4.69) is 40.7 Å². The lowest BCUT2D eigenvalue weighted by atomic mass is 10.0. The van der Waals surface area contributed by atoms with Crippen LogP contribution in [0.1, 0.15) is 21.5 Å². The molecular weight excluding hydrogens is 406 g/mol.